The summed E-state index contributed by atoms with van der Waals surface area (Å²) in [4.78, 5) is 0. The third-order valence-electron chi connectivity index (χ3n) is 2.14. The van der Waals surface area contributed by atoms with Gasteiger partial charge in [0.1, 0.15) is 6.10 Å². The highest BCUT2D eigenvalue weighted by molar-refractivity contribution is 6.33. The molecule has 5 nitrogen and oxygen atoms in total. The molecule has 1 aliphatic rings. The minimum absolute atomic E-state index is 0.0304. The Balaban J connectivity index is 0.000000671. The van der Waals surface area contributed by atoms with Gasteiger partial charge in [-0.05, 0) is 7.05 Å². The van der Waals surface area contributed by atoms with E-state index in [0.29, 0.717) is 0 Å². The second-order valence-corrected chi connectivity index (χ2v) is 2.86. The molecule has 0 aromatic heterocycles. The van der Waals surface area contributed by atoms with Crippen molar-refractivity contribution in [3.8, 4) is 0 Å². The van der Waals surface area contributed by atoms with Crippen LogP contribution < -0.4 is 11.4 Å². The Kier molecular flexibility index (Phi) is 6.27. The highest BCUT2D eigenvalue weighted by Crippen LogP contribution is 2.24. The number of rotatable bonds is 2. The maximum atomic E-state index is 9.40. The maximum Gasteiger partial charge on any atom is 0.239 e. The molecule has 0 amide bonds. The second-order valence-electron chi connectivity index (χ2n) is 2.86. The van der Waals surface area contributed by atoms with Crippen molar-refractivity contribution >= 4 is 7.41 Å². The summed E-state index contributed by atoms with van der Waals surface area (Å²) in [5, 5.41) is 18.1. The first-order chi connectivity index (χ1) is 6.20. The van der Waals surface area contributed by atoms with Crippen molar-refractivity contribution in [3.63, 3.8) is 0 Å². The quantitative estimate of drug-likeness (QED) is 0.371. The molecule has 1 rings (SSSR count). The minimum atomic E-state index is -0.607. The molecule has 6 N–H and O–H groups in total. The lowest BCUT2D eigenvalue weighted by Crippen LogP contribution is -2.31. The summed E-state index contributed by atoms with van der Waals surface area (Å²) in [7, 11) is 2.91. The second kappa shape index (κ2) is 6.34. The van der Waals surface area contributed by atoms with Crippen LogP contribution in [0.15, 0.2) is 0 Å². The van der Waals surface area contributed by atoms with Gasteiger partial charge in [0.25, 0.3) is 0 Å². The van der Waals surface area contributed by atoms with E-state index in [9.17, 15) is 5.11 Å². The lowest BCUT2D eigenvalue weighted by atomic mass is 9.78. The van der Waals surface area contributed by atoms with Crippen LogP contribution in [0.2, 0.25) is 0 Å². The van der Waals surface area contributed by atoms with Gasteiger partial charge in [0.2, 0.25) is 7.41 Å². The molecule has 6 heteroatoms. The smallest absolute Gasteiger partial charge is 0.239 e. The van der Waals surface area contributed by atoms with Gasteiger partial charge < -0.3 is 26.3 Å². The van der Waals surface area contributed by atoms with Crippen molar-refractivity contribution in [1.82, 2.24) is 0 Å². The third-order valence-corrected chi connectivity index (χ3v) is 2.14. The first-order valence-electron chi connectivity index (χ1n) is 4.28. The van der Waals surface area contributed by atoms with Gasteiger partial charge in [-0.25, -0.2) is 0 Å². The minimum Gasteiger partial charge on any atom is -0.394 e. The lowest BCUT2D eigenvalue weighted by molar-refractivity contribution is -0.00551. The molecule has 0 saturated carbocycles. The van der Waals surface area contributed by atoms with Crippen LogP contribution in [0.25, 0.3) is 0 Å². The fourth-order valence-corrected chi connectivity index (χ4v) is 1.31. The van der Waals surface area contributed by atoms with Crippen molar-refractivity contribution in [2.24, 2.45) is 17.3 Å². The largest absolute Gasteiger partial charge is 0.394 e. The molecular formula is C7H18BN2O3. The van der Waals surface area contributed by atoms with Gasteiger partial charge >= 0.3 is 0 Å². The Hall–Kier alpha value is -0.135. The molecule has 13 heavy (non-hydrogen) atoms. The van der Waals surface area contributed by atoms with Crippen LogP contribution in [0, 0.1) is 5.92 Å². The van der Waals surface area contributed by atoms with Crippen LogP contribution in [-0.4, -0.2) is 49.5 Å². The molecule has 1 aliphatic heterocycles. The maximum absolute atomic E-state index is 9.40. The highest BCUT2D eigenvalue weighted by Gasteiger charge is 2.39. The Morgan fingerprint density at radius 1 is 1.46 bits per heavy atom. The van der Waals surface area contributed by atoms with E-state index >= 15 is 0 Å². The molecule has 1 fully saturated rings. The number of hydrogen-bond acceptors (Lipinski definition) is 5. The summed E-state index contributed by atoms with van der Waals surface area (Å²) < 4.78 is 5.20. The van der Waals surface area contributed by atoms with E-state index < -0.39 is 12.2 Å². The van der Waals surface area contributed by atoms with E-state index in [1.54, 1.807) is 0 Å². The van der Waals surface area contributed by atoms with Gasteiger partial charge in [0, 0.05) is 11.9 Å². The van der Waals surface area contributed by atoms with E-state index in [4.69, 9.17) is 15.5 Å². The third kappa shape index (κ3) is 2.93. The Labute approximate surface area is 79.3 Å². The summed E-state index contributed by atoms with van der Waals surface area (Å²) in [5.74, 6) is -0.0304. The molecular weight excluding hydrogens is 171 g/mol. The predicted octanol–water partition coefficient (Wildman–Crippen LogP) is -2.15. The van der Waals surface area contributed by atoms with E-state index in [-0.39, 0.29) is 18.5 Å². The SMILES string of the molecule is CC1[C@H]([B]N)O[C@H](CO)[C@@H]1O.CN. The van der Waals surface area contributed by atoms with Crippen molar-refractivity contribution < 1.29 is 14.9 Å². The molecule has 4 atom stereocenters. The molecule has 1 radical (unpaired) electrons. The highest BCUT2D eigenvalue weighted by atomic mass is 16.5. The predicted molar refractivity (Wildman–Crippen MR) is 51.0 cm³/mol. The standard InChI is InChI=1S/C6H13BNO3.CH5N/c1-3-5(10)4(2-9)11-6(3)7-8;1-2/h3-6,9-10H,2,8H2,1H3;2H2,1H3/t3?,4-,5-,6-;/m1./s1. The van der Waals surface area contributed by atoms with Crippen LogP contribution in [0.4, 0.5) is 0 Å². The van der Waals surface area contributed by atoms with E-state index in [1.165, 1.54) is 14.5 Å². The topological polar surface area (TPSA) is 102 Å². The number of aliphatic hydroxyl groups is 2. The summed E-state index contributed by atoms with van der Waals surface area (Å²) in [6, 6.07) is -0.234. The Morgan fingerprint density at radius 2 is 2.00 bits per heavy atom. The normalized spacial score (nSPS) is 38.0. The molecule has 0 aromatic rings. The summed E-state index contributed by atoms with van der Waals surface area (Å²) in [5.41, 5.74) is 9.76. The number of hydrogen-bond donors (Lipinski definition) is 4. The molecule has 77 valence electrons. The first-order valence-corrected chi connectivity index (χ1v) is 4.28. The van der Waals surface area contributed by atoms with Gasteiger partial charge in [-0.1, -0.05) is 6.92 Å². The fourth-order valence-electron chi connectivity index (χ4n) is 1.31. The van der Waals surface area contributed by atoms with Crippen molar-refractivity contribution in [3.05, 3.63) is 0 Å². The summed E-state index contributed by atoms with van der Waals surface area (Å²) >= 11 is 0. The molecule has 0 aromatic carbocycles. The molecule has 1 heterocycles. The molecule has 0 bridgehead atoms. The first kappa shape index (κ1) is 12.9. The van der Waals surface area contributed by atoms with Crippen molar-refractivity contribution in [2.45, 2.75) is 25.1 Å². The zero-order chi connectivity index (χ0) is 10.4. The van der Waals surface area contributed by atoms with E-state index in [0.717, 1.165) is 0 Å². The monoisotopic (exact) mass is 189 g/mol. The number of aliphatic hydroxyl groups excluding tert-OH is 2. The zero-order valence-electron chi connectivity index (χ0n) is 8.05. The zero-order valence-corrected chi connectivity index (χ0v) is 8.05. The molecule has 1 unspecified atom stereocenters. The van der Waals surface area contributed by atoms with Gasteiger partial charge in [-0.2, -0.15) is 0 Å². The molecule has 0 aliphatic carbocycles. The van der Waals surface area contributed by atoms with Crippen molar-refractivity contribution in [2.75, 3.05) is 13.7 Å². The fraction of sp³-hybridized carbons (Fsp3) is 1.00. The van der Waals surface area contributed by atoms with Crippen molar-refractivity contribution in [1.29, 1.82) is 0 Å². The summed E-state index contributed by atoms with van der Waals surface area (Å²) in [6.45, 7) is 1.68. The van der Waals surface area contributed by atoms with Crippen LogP contribution in [0.5, 0.6) is 0 Å². The van der Waals surface area contributed by atoms with Crippen LogP contribution in [0.1, 0.15) is 6.92 Å². The van der Waals surface area contributed by atoms with E-state index in [2.05, 4.69) is 5.73 Å². The van der Waals surface area contributed by atoms with Gasteiger partial charge in [-0.15, -0.1) is 0 Å². The van der Waals surface area contributed by atoms with Crippen LogP contribution >= 0.6 is 0 Å². The summed E-state index contributed by atoms with van der Waals surface area (Å²) in [6.07, 6.45) is -1.08. The van der Waals surface area contributed by atoms with Crippen LogP contribution in [-0.2, 0) is 4.74 Å². The average molecular weight is 189 g/mol. The Morgan fingerprint density at radius 3 is 2.23 bits per heavy atom. The lowest BCUT2D eigenvalue weighted by Gasteiger charge is -2.11. The number of ether oxygens (including phenoxy) is 1. The van der Waals surface area contributed by atoms with E-state index in [1.807, 2.05) is 6.92 Å². The van der Waals surface area contributed by atoms with Gasteiger partial charge in [0.05, 0.1) is 12.7 Å². The average Bonchev–Trinajstić information content (AvgIpc) is 2.47. The van der Waals surface area contributed by atoms with Gasteiger partial charge in [0.15, 0.2) is 0 Å². The number of nitrogens with two attached hydrogens (primary N) is 2. The molecule has 0 spiro atoms. The van der Waals surface area contributed by atoms with Crippen LogP contribution in [0.3, 0.4) is 0 Å². The Bertz CT molecular complexity index is 121. The molecule has 1 saturated heterocycles. The van der Waals surface area contributed by atoms with Gasteiger partial charge in [-0.3, -0.25) is 0 Å².